The number of hydrogen-bond acceptors (Lipinski definition) is 5. The van der Waals surface area contributed by atoms with Gasteiger partial charge in [-0.1, -0.05) is 18.2 Å². The van der Waals surface area contributed by atoms with Gasteiger partial charge >= 0.3 is 0 Å². The zero-order valence-corrected chi connectivity index (χ0v) is 19.2. The van der Waals surface area contributed by atoms with E-state index in [0.717, 1.165) is 55.8 Å². The smallest absolute Gasteiger partial charge is 0.194 e. The molecule has 0 saturated carbocycles. The Bertz CT molecular complexity index is 996. The van der Waals surface area contributed by atoms with Crippen molar-refractivity contribution in [3.05, 3.63) is 63.9 Å². The normalized spacial score (nSPS) is 16.7. The standard InChI is InChI=1S/C23H30N6OS/c1-17-26-27-22(28(17)2)15-25-23(24-12-10-21-5-4-14-31-21)29-13-11-19(16-29)18-6-8-20(30-3)9-7-18/h4-9,14,19H,10-13,15-16H2,1-3H3,(H,24,25). The monoisotopic (exact) mass is 438 g/mol. The number of benzene rings is 1. The van der Waals surface area contributed by atoms with Crippen LogP contribution in [0.4, 0.5) is 0 Å². The fourth-order valence-corrected chi connectivity index (χ4v) is 4.56. The van der Waals surface area contributed by atoms with Crippen LogP contribution >= 0.6 is 11.3 Å². The van der Waals surface area contributed by atoms with E-state index in [2.05, 4.69) is 50.1 Å². The van der Waals surface area contributed by atoms with Gasteiger partial charge in [0.05, 0.1) is 7.11 Å². The van der Waals surface area contributed by atoms with Crippen molar-refractivity contribution in [2.24, 2.45) is 12.0 Å². The summed E-state index contributed by atoms with van der Waals surface area (Å²) >= 11 is 1.80. The molecule has 0 aliphatic carbocycles. The molecule has 0 radical (unpaired) electrons. The Kier molecular flexibility index (Phi) is 6.86. The molecule has 31 heavy (non-hydrogen) atoms. The number of thiophene rings is 1. The topological polar surface area (TPSA) is 67.6 Å². The van der Waals surface area contributed by atoms with E-state index < -0.39 is 0 Å². The van der Waals surface area contributed by atoms with Crippen molar-refractivity contribution in [3.63, 3.8) is 0 Å². The van der Waals surface area contributed by atoms with Crippen molar-refractivity contribution in [2.75, 3.05) is 26.7 Å². The third kappa shape index (κ3) is 5.25. The van der Waals surface area contributed by atoms with E-state index in [4.69, 9.17) is 9.73 Å². The first-order valence-electron chi connectivity index (χ1n) is 10.7. The number of aromatic nitrogens is 3. The summed E-state index contributed by atoms with van der Waals surface area (Å²) in [7, 11) is 3.69. The van der Waals surface area contributed by atoms with Gasteiger partial charge in [-0.3, -0.25) is 0 Å². The van der Waals surface area contributed by atoms with Crippen molar-refractivity contribution in [1.29, 1.82) is 0 Å². The molecule has 0 amide bonds. The number of methoxy groups -OCH3 is 1. The van der Waals surface area contributed by atoms with E-state index in [1.807, 2.05) is 30.7 Å². The van der Waals surface area contributed by atoms with E-state index in [1.165, 1.54) is 10.4 Å². The maximum atomic E-state index is 5.30. The first-order chi connectivity index (χ1) is 15.1. The molecule has 164 valence electrons. The van der Waals surface area contributed by atoms with Gasteiger partial charge < -0.3 is 19.5 Å². The van der Waals surface area contributed by atoms with Crippen LogP contribution in [-0.4, -0.2) is 52.4 Å². The Morgan fingerprint density at radius 2 is 2.10 bits per heavy atom. The second-order valence-electron chi connectivity index (χ2n) is 7.82. The Morgan fingerprint density at radius 1 is 1.26 bits per heavy atom. The molecule has 1 aliphatic rings. The number of rotatable bonds is 7. The van der Waals surface area contributed by atoms with Gasteiger partial charge in [-0.2, -0.15) is 0 Å². The average Bonchev–Trinajstić information content (AvgIpc) is 3.55. The van der Waals surface area contributed by atoms with Crippen molar-refractivity contribution >= 4 is 17.3 Å². The molecule has 1 N–H and O–H groups in total. The molecule has 1 unspecified atom stereocenters. The molecule has 4 rings (SSSR count). The van der Waals surface area contributed by atoms with Gasteiger partial charge in [0, 0.05) is 37.5 Å². The minimum absolute atomic E-state index is 0.493. The highest BCUT2D eigenvalue weighted by atomic mass is 32.1. The molecule has 1 atom stereocenters. The van der Waals surface area contributed by atoms with E-state index >= 15 is 0 Å². The van der Waals surface area contributed by atoms with Crippen LogP contribution in [0, 0.1) is 6.92 Å². The first-order valence-corrected chi connectivity index (χ1v) is 11.6. The van der Waals surface area contributed by atoms with Gasteiger partial charge in [-0.15, -0.1) is 21.5 Å². The molecule has 8 heteroatoms. The molecular formula is C23H30N6OS. The van der Waals surface area contributed by atoms with Crippen LogP contribution < -0.4 is 10.1 Å². The number of nitrogens with one attached hydrogen (secondary N) is 1. The van der Waals surface area contributed by atoms with E-state index in [1.54, 1.807) is 18.4 Å². The zero-order chi connectivity index (χ0) is 21.6. The molecule has 1 aromatic carbocycles. The predicted octanol–water partition coefficient (Wildman–Crippen LogP) is 3.37. The number of aliphatic imine (C=N–C) groups is 1. The molecule has 7 nitrogen and oxygen atoms in total. The van der Waals surface area contributed by atoms with E-state index in [0.29, 0.717) is 12.5 Å². The van der Waals surface area contributed by atoms with Crippen molar-refractivity contribution in [3.8, 4) is 5.75 Å². The highest BCUT2D eigenvalue weighted by Gasteiger charge is 2.26. The first kappa shape index (κ1) is 21.4. The Balaban J connectivity index is 1.44. The average molecular weight is 439 g/mol. The Morgan fingerprint density at radius 3 is 2.77 bits per heavy atom. The molecular weight excluding hydrogens is 408 g/mol. The fraction of sp³-hybridized carbons (Fsp3) is 0.435. The predicted molar refractivity (Wildman–Crippen MR) is 125 cm³/mol. The summed E-state index contributed by atoms with van der Waals surface area (Å²) in [6, 6.07) is 12.7. The second-order valence-corrected chi connectivity index (χ2v) is 8.86. The number of ether oxygens (including phenoxy) is 1. The number of hydrogen-bond donors (Lipinski definition) is 1. The minimum Gasteiger partial charge on any atom is -0.497 e. The van der Waals surface area contributed by atoms with Gasteiger partial charge in [0.1, 0.15) is 18.1 Å². The third-order valence-corrected chi connectivity index (χ3v) is 6.80. The SMILES string of the molecule is COc1ccc(C2CCN(C(=NCc3nnc(C)n3C)NCCc3cccs3)C2)cc1. The minimum atomic E-state index is 0.493. The summed E-state index contributed by atoms with van der Waals surface area (Å²) in [6.07, 6.45) is 2.11. The summed E-state index contributed by atoms with van der Waals surface area (Å²) in [5, 5.41) is 14.1. The van der Waals surface area contributed by atoms with Gasteiger partial charge in [-0.05, 0) is 48.9 Å². The van der Waals surface area contributed by atoms with Crippen molar-refractivity contribution in [1.82, 2.24) is 25.0 Å². The van der Waals surface area contributed by atoms with Crippen LogP contribution in [0.1, 0.15) is 34.4 Å². The zero-order valence-electron chi connectivity index (χ0n) is 18.4. The highest BCUT2D eigenvalue weighted by molar-refractivity contribution is 7.09. The number of likely N-dealkylation sites (tertiary alicyclic amines) is 1. The highest BCUT2D eigenvalue weighted by Crippen LogP contribution is 2.28. The molecule has 1 fully saturated rings. The molecule has 0 spiro atoms. The summed E-state index contributed by atoms with van der Waals surface area (Å²) in [5.41, 5.74) is 1.35. The summed E-state index contributed by atoms with van der Waals surface area (Å²) in [5.74, 6) is 4.12. The molecule has 3 aromatic rings. The van der Waals surface area contributed by atoms with Gasteiger partial charge in [-0.25, -0.2) is 4.99 Å². The molecule has 1 aliphatic heterocycles. The molecule has 1 saturated heterocycles. The van der Waals surface area contributed by atoms with Crippen LogP contribution in [0.15, 0.2) is 46.8 Å². The maximum Gasteiger partial charge on any atom is 0.194 e. The third-order valence-electron chi connectivity index (χ3n) is 5.86. The second kappa shape index (κ2) is 9.96. The van der Waals surface area contributed by atoms with E-state index in [-0.39, 0.29) is 0 Å². The van der Waals surface area contributed by atoms with E-state index in [9.17, 15) is 0 Å². The summed E-state index contributed by atoms with van der Waals surface area (Å²) in [6.45, 7) is 5.28. The summed E-state index contributed by atoms with van der Waals surface area (Å²) < 4.78 is 7.30. The fourth-order valence-electron chi connectivity index (χ4n) is 3.86. The van der Waals surface area contributed by atoms with Crippen LogP contribution in [0.3, 0.4) is 0 Å². The number of guanidine groups is 1. The Labute approximate surface area is 187 Å². The van der Waals surface area contributed by atoms with Crippen molar-refractivity contribution < 1.29 is 4.74 Å². The van der Waals surface area contributed by atoms with Crippen LogP contribution in [0.2, 0.25) is 0 Å². The lowest BCUT2D eigenvalue weighted by Crippen LogP contribution is -2.41. The molecule has 3 heterocycles. The number of aryl methyl sites for hydroxylation is 1. The molecule has 2 aromatic heterocycles. The van der Waals surface area contributed by atoms with Gasteiger partial charge in [0.2, 0.25) is 0 Å². The lowest BCUT2D eigenvalue weighted by molar-refractivity contribution is 0.414. The maximum absolute atomic E-state index is 5.30. The van der Waals surface area contributed by atoms with Crippen LogP contribution in [0.25, 0.3) is 0 Å². The lowest BCUT2D eigenvalue weighted by Gasteiger charge is -2.22. The van der Waals surface area contributed by atoms with Gasteiger partial charge in [0.15, 0.2) is 11.8 Å². The Hall–Kier alpha value is -2.87. The van der Waals surface area contributed by atoms with Crippen molar-refractivity contribution in [2.45, 2.75) is 32.2 Å². The number of nitrogens with zero attached hydrogens (tertiary/aromatic N) is 5. The van der Waals surface area contributed by atoms with Crippen LogP contribution in [0.5, 0.6) is 5.75 Å². The quantitative estimate of drug-likeness (QED) is 0.453. The summed E-state index contributed by atoms with van der Waals surface area (Å²) in [4.78, 5) is 8.67. The lowest BCUT2D eigenvalue weighted by atomic mass is 9.98. The van der Waals surface area contributed by atoms with Crippen LogP contribution in [-0.2, 0) is 20.0 Å². The van der Waals surface area contributed by atoms with Gasteiger partial charge in [0.25, 0.3) is 0 Å². The largest absolute Gasteiger partial charge is 0.497 e. The molecule has 0 bridgehead atoms.